The van der Waals surface area contributed by atoms with Gasteiger partial charge in [0, 0.05) is 18.1 Å². The number of carboxylic acid groups (broad SMARTS) is 1. The molecule has 0 saturated heterocycles. The van der Waals surface area contributed by atoms with Crippen molar-refractivity contribution in [3.05, 3.63) is 18.5 Å². The highest BCUT2D eigenvalue weighted by atomic mass is 32.2. The summed E-state index contributed by atoms with van der Waals surface area (Å²) in [5, 5.41) is 12.0. The highest BCUT2D eigenvalue weighted by Gasteiger charge is 2.15. The molecule has 0 radical (unpaired) electrons. The number of rotatable bonds is 5. The standard InChI is InChI=1S/C8H11N3O2S/c1-9-6(7(12)13)5-14-8-10-3-2-4-11-8/h2-4,6,9H,5H2,1H3,(H,12,13). The van der Waals surface area contributed by atoms with E-state index in [1.54, 1.807) is 25.5 Å². The van der Waals surface area contributed by atoms with Crippen molar-refractivity contribution in [2.45, 2.75) is 11.2 Å². The first-order valence-electron chi connectivity index (χ1n) is 4.04. The minimum atomic E-state index is -0.865. The van der Waals surface area contributed by atoms with Crippen molar-refractivity contribution in [1.29, 1.82) is 0 Å². The summed E-state index contributed by atoms with van der Waals surface area (Å²) in [6.07, 6.45) is 3.26. The second-order valence-electron chi connectivity index (χ2n) is 2.52. The minimum absolute atomic E-state index is 0.413. The lowest BCUT2D eigenvalue weighted by molar-refractivity contribution is -0.138. The Labute approximate surface area is 86.0 Å². The molecule has 76 valence electrons. The molecule has 0 bridgehead atoms. The van der Waals surface area contributed by atoms with Gasteiger partial charge >= 0.3 is 5.97 Å². The predicted molar refractivity (Wildman–Crippen MR) is 53.2 cm³/mol. The first-order valence-corrected chi connectivity index (χ1v) is 5.02. The molecule has 0 spiro atoms. The molecule has 0 aliphatic carbocycles. The smallest absolute Gasteiger partial charge is 0.321 e. The molecule has 2 N–H and O–H groups in total. The molecule has 1 rings (SSSR count). The third kappa shape index (κ3) is 3.31. The number of aromatic nitrogens is 2. The van der Waals surface area contributed by atoms with Crippen molar-refractivity contribution >= 4 is 17.7 Å². The Balaban J connectivity index is 2.44. The molecular formula is C8H11N3O2S. The van der Waals surface area contributed by atoms with E-state index in [1.807, 2.05) is 0 Å². The van der Waals surface area contributed by atoms with Gasteiger partial charge in [-0.2, -0.15) is 0 Å². The van der Waals surface area contributed by atoms with E-state index < -0.39 is 12.0 Å². The minimum Gasteiger partial charge on any atom is -0.480 e. The fourth-order valence-corrected chi connectivity index (χ4v) is 1.69. The summed E-state index contributed by atoms with van der Waals surface area (Å²) in [6, 6.07) is 1.15. The van der Waals surface area contributed by atoms with Crippen LogP contribution in [0.3, 0.4) is 0 Å². The lowest BCUT2D eigenvalue weighted by Gasteiger charge is -2.08. The average molecular weight is 213 g/mol. The van der Waals surface area contributed by atoms with Gasteiger partial charge in [-0.1, -0.05) is 11.8 Å². The predicted octanol–water partition coefficient (Wildman–Crippen LogP) is 0.241. The van der Waals surface area contributed by atoms with Crippen LogP contribution in [0.4, 0.5) is 0 Å². The van der Waals surface area contributed by atoms with Crippen LogP contribution in [0.25, 0.3) is 0 Å². The maximum absolute atomic E-state index is 10.6. The highest BCUT2D eigenvalue weighted by molar-refractivity contribution is 7.99. The lowest BCUT2D eigenvalue weighted by Crippen LogP contribution is -2.36. The zero-order chi connectivity index (χ0) is 10.4. The number of aliphatic carboxylic acids is 1. The monoisotopic (exact) mass is 213 g/mol. The van der Waals surface area contributed by atoms with Crippen LogP contribution in [0.15, 0.2) is 23.6 Å². The molecule has 1 aromatic heterocycles. The largest absolute Gasteiger partial charge is 0.480 e. The summed E-state index contributed by atoms with van der Waals surface area (Å²) in [5.41, 5.74) is 0. The van der Waals surface area contributed by atoms with E-state index in [1.165, 1.54) is 11.8 Å². The second kappa shape index (κ2) is 5.56. The van der Waals surface area contributed by atoms with E-state index in [0.717, 1.165) is 0 Å². The Morgan fingerprint density at radius 3 is 2.79 bits per heavy atom. The first-order chi connectivity index (χ1) is 6.74. The third-order valence-electron chi connectivity index (χ3n) is 1.57. The number of nitrogens with zero attached hydrogens (tertiary/aromatic N) is 2. The van der Waals surface area contributed by atoms with Crippen molar-refractivity contribution in [2.24, 2.45) is 0 Å². The molecule has 1 aromatic rings. The van der Waals surface area contributed by atoms with E-state index in [9.17, 15) is 4.79 Å². The van der Waals surface area contributed by atoms with Crippen LogP contribution in [-0.2, 0) is 4.79 Å². The van der Waals surface area contributed by atoms with Gasteiger partial charge < -0.3 is 10.4 Å². The summed E-state index contributed by atoms with van der Waals surface area (Å²) in [5.74, 6) is -0.452. The summed E-state index contributed by atoms with van der Waals surface area (Å²) < 4.78 is 0. The number of carbonyl (C=O) groups is 1. The fourth-order valence-electron chi connectivity index (χ4n) is 0.796. The molecule has 1 unspecified atom stereocenters. The summed E-state index contributed by atoms with van der Waals surface area (Å²) in [6.45, 7) is 0. The second-order valence-corrected chi connectivity index (χ2v) is 3.51. The van der Waals surface area contributed by atoms with E-state index in [2.05, 4.69) is 15.3 Å². The SMILES string of the molecule is CNC(CSc1ncccn1)C(=O)O. The maximum atomic E-state index is 10.6. The number of likely N-dealkylation sites (N-methyl/N-ethyl adjacent to an activating group) is 1. The number of hydrogen-bond acceptors (Lipinski definition) is 5. The van der Waals surface area contributed by atoms with Crippen molar-refractivity contribution in [3.8, 4) is 0 Å². The van der Waals surface area contributed by atoms with Crippen molar-refractivity contribution in [1.82, 2.24) is 15.3 Å². The van der Waals surface area contributed by atoms with Crippen LogP contribution in [0.5, 0.6) is 0 Å². The van der Waals surface area contributed by atoms with E-state index in [0.29, 0.717) is 10.9 Å². The zero-order valence-electron chi connectivity index (χ0n) is 7.67. The molecule has 6 heteroatoms. The van der Waals surface area contributed by atoms with E-state index in [-0.39, 0.29) is 0 Å². The molecule has 1 atom stereocenters. The van der Waals surface area contributed by atoms with Crippen molar-refractivity contribution < 1.29 is 9.90 Å². The molecule has 0 aliphatic heterocycles. The number of carboxylic acids is 1. The van der Waals surface area contributed by atoms with Crippen LogP contribution >= 0.6 is 11.8 Å². The number of thioether (sulfide) groups is 1. The van der Waals surface area contributed by atoms with Gasteiger partial charge in [-0.3, -0.25) is 4.79 Å². The molecule has 0 saturated carbocycles. The summed E-state index contributed by atoms with van der Waals surface area (Å²) in [4.78, 5) is 18.6. The van der Waals surface area contributed by atoms with Crippen LogP contribution in [0.2, 0.25) is 0 Å². The third-order valence-corrected chi connectivity index (χ3v) is 2.54. The van der Waals surface area contributed by atoms with Gasteiger partial charge in [-0.05, 0) is 13.1 Å². The molecule has 14 heavy (non-hydrogen) atoms. The van der Waals surface area contributed by atoms with Crippen molar-refractivity contribution in [2.75, 3.05) is 12.8 Å². The van der Waals surface area contributed by atoms with Gasteiger partial charge in [-0.25, -0.2) is 9.97 Å². The Bertz CT molecular complexity index is 294. The van der Waals surface area contributed by atoms with Crippen LogP contribution < -0.4 is 5.32 Å². The van der Waals surface area contributed by atoms with E-state index >= 15 is 0 Å². The van der Waals surface area contributed by atoms with Gasteiger partial charge in [0.25, 0.3) is 0 Å². The Kier molecular flexibility index (Phi) is 4.34. The van der Waals surface area contributed by atoms with Crippen LogP contribution in [-0.4, -0.2) is 39.9 Å². The molecular weight excluding hydrogens is 202 g/mol. The lowest BCUT2D eigenvalue weighted by atomic mass is 10.3. The number of hydrogen-bond donors (Lipinski definition) is 2. The van der Waals surface area contributed by atoms with Crippen molar-refractivity contribution in [3.63, 3.8) is 0 Å². The molecule has 5 nitrogen and oxygen atoms in total. The van der Waals surface area contributed by atoms with Gasteiger partial charge in [0.1, 0.15) is 6.04 Å². The van der Waals surface area contributed by atoms with Crippen LogP contribution in [0.1, 0.15) is 0 Å². The summed E-state index contributed by atoms with van der Waals surface area (Å²) >= 11 is 1.32. The molecule has 0 aromatic carbocycles. The maximum Gasteiger partial charge on any atom is 0.321 e. The Morgan fingerprint density at radius 2 is 2.29 bits per heavy atom. The van der Waals surface area contributed by atoms with Gasteiger partial charge in [0.05, 0.1) is 0 Å². The Morgan fingerprint density at radius 1 is 1.64 bits per heavy atom. The highest BCUT2D eigenvalue weighted by Crippen LogP contribution is 2.12. The van der Waals surface area contributed by atoms with Crippen LogP contribution in [0, 0.1) is 0 Å². The first kappa shape index (κ1) is 10.9. The summed E-state index contributed by atoms with van der Waals surface area (Å²) in [7, 11) is 1.62. The van der Waals surface area contributed by atoms with E-state index in [4.69, 9.17) is 5.11 Å². The van der Waals surface area contributed by atoms with Gasteiger partial charge in [0.2, 0.25) is 0 Å². The molecule has 1 heterocycles. The quantitative estimate of drug-likeness (QED) is 0.539. The fraction of sp³-hybridized carbons (Fsp3) is 0.375. The normalized spacial score (nSPS) is 12.4. The zero-order valence-corrected chi connectivity index (χ0v) is 8.49. The van der Waals surface area contributed by atoms with Gasteiger partial charge in [0.15, 0.2) is 5.16 Å². The van der Waals surface area contributed by atoms with Gasteiger partial charge in [-0.15, -0.1) is 0 Å². The molecule has 0 fully saturated rings. The Hall–Kier alpha value is -1.14. The molecule has 0 aliphatic rings. The average Bonchev–Trinajstić information content (AvgIpc) is 2.20. The topological polar surface area (TPSA) is 75.1 Å². The molecule has 0 amide bonds. The number of nitrogens with one attached hydrogen (secondary N) is 1.